The molecule has 21 heavy (non-hydrogen) atoms. The highest BCUT2D eigenvalue weighted by atomic mass is 79.9. The number of aliphatic hydroxyl groups is 1. The molecule has 2 heterocycles. The van der Waals surface area contributed by atoms with Crippen molar-refractivity contribution < 1.29 is 13.5 Å². The molecule has 2 aliphatic heterocycles. The smallest absolute Gasteiger partial charge is 0.239 e. The predicted molar refractivity (Wildman–Crippen MR) is 88.5 cm³/mol. The minimum absolute atomic E-state index is 0. The maximum atomic E-state index is 11.5. The van der Waals surface area contributed by atoms with Gasteiger partial charge in [0.25, 0.3) is 0 Å². The van der Waals surface area contributed by atoms with E-state index in [0.29, 0.717) is 24.4 Å². The minimum Gasteiger partial charge on any atom is -0.366 e. The van der Waals surface area contributed by atoms with Crippen molar-refractivity contribution in [3.05, 3.63) is 28.8 Å². The molecule has 0 radical (unpaired) electrons. The molecule has 0 saturated carbocycles. The molecule has 1 fully saturated rings. The van der Waals surface area contributed by atoms with Gasteiger partial charge < -0.3 is 10.0 Å². The van der Waals surface area contributed by atoms with Crippen molar-refractivity contribution in [1.82, 2.24) is 4.90 Å². The summed E-state index contributed by atoms with van der Waals surface area (Å²) in [5.74, 6) is 0.386. The van der Waals surface area contributed by atoms with Crippen molar-refractivity contribution in [3.8, 4) is 0 Å². The van der Waals surface area contributed by atoms with Gasteiger partial charge in [-0.2, -0.15) is 0 Å². The van der Waals surface area contributed by atoms with Crippen molar-refractivity contribution in [3.63, 3.8) is 0 Å². The molecule has 0 bridgehead atoms. The van der Waals surface area contributed by atoms with Crippen LogP contribution in [0, 0.1) is 0 Å². The van der Waals surface area contributed by atoms with E-state index in [1.807, 2.05) is 0 Å². The van der Waals surface area contributed by atoms with Crippen LogP contribution in [-0.2, 0) is 15.7 Å². The van der Waals surface area contributed by atoms with Gasteiger partial charge in [0.05, 0.1) is 17.3 Å². The molecule has 1 unspecified atom stereocenters. The molecule has 2 aliphatic rings. The Kier molecular flexibility index (Phi) is 4.63. The molecule has 1 aromatic carbocycles. The Labute approximate surface area is 142 Å². The normalized spacial score (nSPS) is 24.5. The Morgan fingerprint density at radius 2 is 2.19 bits per heavy atom. The first-order valence-electron chi connectivity index (χ1n) is 5.82. The van der Waals surface area contributed by atoms with E-state index in [1.165, 1.54) is 23.9 Å². The molecule has 3 rings (SSSR count). The monoisotopic (exact) mass is 413 g/mol. The molecule has 0 aromatic heterocycles. The van der Waals surface area contributed by atoms with E-state index >= 15 is 0 Å². The second-order valence-electron chi connectivity index (χ2n) is 4.61. The molecule has 0 amide bonds. The summed E-state index contributed by atoms with van der Waals surface area (Å²) in [4.78, 5) is 5.87. The molecular weight excluding hydrogens is 402 g/mol. The van der Waals surface area contributed by atoms with E-state index in [9.17, 15) is 13.5 Å². The van der Waals surface area contributed by atoms with Crippen LogP contribution < -0.4 is 5.14 Å². The number of hydrogen-bond donors (Lipinski definition) is 2. The van der Waals surface area contributed by atoms with Gasteiger partial charge in [0.1, 0.15) is 4.90 Å². The van der Waals surface area contributed by atoms with Crippen LogP contribution in [0.25, 0.3) is 0 Å². The largest absolute Gasteiger partial charge is 0.366 e. The summed E-state index contributed by atoms with van der Waals surface area (Å²) in [5.41, 5.74) is -0.824. The molecule has 0 spiro atoms. The average Bonchev–Trinajstić information content (AvgIpc) is 2.93. The van der Waals surface area contributed by atoms with Gasteiger partial charge in [-0.1, -0.05) is 29.4 Å². The summed E-state index contributed by atoms with van der Waals surface area (Å²) in [6.45, 7) is 1.23. The molecule has 116 valence electrons. The van der Waals surface area contributed by atoms with E-state index in [-0.39, 0.29) is 26.9 Å². The van der Waals surface area contributed by atoms with Crippen LogP contribution in [-0.4, -0.2) is 42.4 Å². The second kappa shape index (κ2) is 5.71. The van der Waals surface area contributed by atoms with Gasteiger partial charge in [0.2, 0.25) is 10.0 Å². The number of amidine groups is 1. The number of benzene rings is 1. The van der Waals surface area contributed by atoms with Crippen LogP contribution in [0.5, 0.6) is 0 Å². The number of primary sulfonamides is 1. The first-order chi connectivity index (χ1) is 9.32. The quantitative estimate of drug-likeness (QED) is 0.756. The number of nitrogens with two attached hydrogens (primary N) is 1. The third kappa shape index (κ3) is 2.82. The van der Waals surface area contributed by atoms with Crippen LogP contribution in [0.4, 0.5) is 0 Å². The van der Waals surface area contributed by atoms with Gasteiger partial charge in [0, 0.05) is 12.1 Å². The first kappa shape index (κ1) is 17.0. The summed E-state index contributed by atoms with van der Waals surface area (Å²) in [6.07, 6.45) is 0. The summed E-state index contributed by atoms with van der Waals surface area (Å²) >= 11 is 7.31. The molecule has 1 atom stereocenters. The molecule has 6 nitrogen and oxygen atoms in total. The van der Waals surface area contributed by atoms with E-state index in [4.69, 9.17) is 16.7 Å². The summed E-state index contributed by atoms with van der Waals surface area (Å²) in [6, 6.07) is 4.38. The zero-order valence-corrected chi connectivity index (χ0v) is 14.8. The Balaban J connectivity index is 0.00000161. The molecule has 3 N–H and O–H groups in total. The lowest BCUT2D eigenvalue weighted by Gasteiger charge is -2.32. The molecule has 1 saturated heterocycles. The standard InChI is InChI=1S/C11H12ClN3O3S2.BrH/c12-8-2-1-7(5-9(8)20(13,17)18)11(16)6-19-10-14-3-4-15(10)11;/h1-2,5,16H,3-4,6H2,(H2,13,17,18);1H. The van der Waals surface area contributed by atoms with Gasteiger partial charge in [-0.05, 0) is 12.1 Å². The number of thioether (sulfide) groups is 1. The fraction of sp³-hybridized carbons (Fsp3) is 0.364. The highest BCUT2D eigenvalue weighted by Gasteiger charge is 2.46. The Hall–Kier alpha value is -0.320. The highest BCUT2D eigenvalue weighted by molar-refractivity contribution is 8.93. The maximum Gasteiger partial charge on any atom is 0.239 e. The molecule has 0 aliphatic carbocycles. The molecular formula is C11H13BrClN3O3S2. The van der Waals surface area contributed by atoms with Gasteiger partial charge in [0.15, 0.2) is 10.9 Å². The van der Waals surface area contributed by atoms with Crippen molar-refractivity contribution in [2.75, 3.05) is 18.8 Å². The van der Waals surface area contributed by atoms with Crippen LogP contribution in [0.2, 0.25) is 5.02 Å². The fourth-order valence-corrected chi connectivity index (χ4v) is 4.65. The van der Waals surface area contributed by atoms with Crippen molar-refractivity contribution >= 4 is 55.5 Å². The van der Waals surface area contributed by atoms with Crippen LogP contribution in [0.3, 0.4) is 0 Å². The Bertz CT molecular complexity index is 713. The van der Waals surface area contributed by atoms with E-state index in [0.717, 1.165) is 5.17 Å². The zero-order chi connectivity index (χ0) is 14.5. The lowest BCUT2D eigenvalue weighted by Crippen LogP contribution is -2.44. The first-order valence-corrected chi connectivity index (χ1v) is 8.73. The van der Waals surface area contributed by atoms with Gasteiger partial charge >= 0.3 is 0 Å². The number of sulfonamides is 1. The van der Waals surface area contributed by atoms with E-state index in [1.54, 1.807) is 11.0 Å². The van der Waals surface area contributed by atoms with Crippen molar-refractivity contribution in [2.24, 2.45) is 10.1 Å². The van der Waals surface area contributed by atoms with Gasteiger partial charge in [-0.3, -0.25) is 4.99 Å². The zero-order valence-electron chi connectivity index (χ0n) is 10.7. The third-order valence-electron chi connectivity index (χ3n) is 3.35. The number of nitrogens with zero attached hydrogens (tertiary/aromatic N) is 2. The number of fused-ring (bicyclic) bond motifs is 1. The van der Waals surface area contributed by atoms with E-state index in [2.05, 4.69) is 4.99 Å². The third-order valence-corrected chi connectivity index (χ3v) is 5.90. The minimum atomic E-state index is -3.93. The average molecular weight is 415 g/mol. The fourth-order valence-electron chi connectivity index (χ4n) is 2.35. The predicted octanol–water partition coefficient (Wildman–Crippen LogP) is 1.13. The van der Waals surface area contributed by atoms with Crippen LogP contribution in [0.1, 0.15) is 5.56 Å². The van der Waals surface area contributed by atoms with Gasteiger partial charge in [-0.15, -0.1) is 17.0 Å². The Morgan fingerprint density at radius 1 is 1.48 bits per heavy atom. The highest BCUT2D eigenvalue weighted by Crippen LogP contribution is 2.41. The van der Waals surface area contributed by atoms with Gasteiger partial charge in [-0.25, -0.2) is 13.6 Å². The second-order valence-corrected chi connectivity index (χ2v) is 7.49. The lowest BCUT2D eigenvalue weighted by atomic mass is 10.0. The number of aliphatic imine (C=N–C) groups is 1. The van der Waals surface area contributed by atoms with E-state index < -0.39 is 15.7 Å². The number of halogens is 2. The number of rotatable bonds is 2. The topological polar surface area (TPSA) is 96.0 Å². The summed E-state index contributed by atoms with van der Waals surface area (Å²) in [5, 5.41) is 16.8. The Morgan fingerprint density at radius 3 is 2.86 bits per heavy atom. The molecule has 1 aromatic rings. The van der Waals surface area contributed by atoms with Crippen LogP contribution in [0.15, 0.2) is 28.1 Å². The van der Waals surface area contributed by atoms with Crippen LogP contribution >= 0.6 is 40.3 Å². The maximum absolute atomic E-state index is 11.5. The van der Waals surface area contributed by atoms with Crippen molar-refractivity contribution in [1.29, 1.82) is 0 Å². The SMILES string of the molecule is Br.NS(=O)(=O)c1cc(C2(O)CSC3=NCCN32)ccc1Cl. The summed E-state index contributed by atoms with van der Waals surface area (Å²) < 4.78 is 23.0. The molecule has 10 heteroatoms. The number of hydrogen-bond acceptors (Lipinski definition) is 6. The van der Waals surface area contributed by atoms with Crippen molar-refractivity contribution in [2.45, 2.75) is 10.6 Å². The summed E-state index contributed by atoms with van der Waals surface area (Å²) in [7, 11) is -3.93. The lowest BCUT2D eigenvalue weighted by molar-refractivity contribution is -0.0427.